The molecular formula is C17H28N2O2S. The highest BCUT2D eigenvalue weighted by molar-refractivity contribution is 7.89. The Labute approximate surface area is 134 Å². The molecule has 1 atom stereocenters. The SMILES string of the molecule is NCCCc1cccc(C(CS(N)(=O)=O)C2CCCCC2)c1. The van der Waals surface area contributed by atoms with Gasteiger partial charge in [0.2, 0.25) is 10.0 Å². The molecule has 1 saturated carbocycles. The Morgan fingerprint density at radius 2 is 1.91 bits per heavy atom. The van der Waals surface area contributed by atoms with E-state index in [4.69, 9.17) is 10.9 Å². The van der Waals surface area contributed by atoms with Crippen molar-refractivity contribution in [2.75, 3.05) is 12.3 Å². The van der Waals surface area contributed by atoms with Crippen LogP contribution in [0.5, 0.6) is 0 Å². The highest BCUT2D eigenvalue weighted by atomic mass is 32.2. The lowest BCUT2D eigenvalue weighted by molar-refractivity contribution is 0.316. The molecular weight excluding hydrogens is 296 g/mol. The first kappa shape index (κ1) is 17.4. The molecule has 4 nitrogen and oxygen atoms in total. The minimum Gasteiger partial charge on any atom is -0.330 e. The first-order valence-corrected chi connectivity index (χ1v) is 10.0. The van der Waals surface area contributed by atoms with E-state index >= 15 is 0 Å². The lowest BCUT2D eigenvalue weighted by atomic mass is 9.77. The number of benzene rings is 1. The van der Waals surface area contributed by atoms with Crippen LogP contribution in [-0.4, -0.2) is 20.7 Å². The first-order valence-electron chi connectivity index (χ1n) is 8.29. The molecule has 0 radical (unpaired) electrons. The molecule has 5 heteroatoms. The fourth-order valence-electron chi connectivity index (χ4n) is 3.58. The maximum Gasteiger partial charge on any atom is 0.209 e. The number of rotatable bonds is 7. The molecule has 1 aliphatic rings. The summed E-state index contributed by atoms with van der Waals surface area (Å²) in [4.78, 5) is 0. The Kier molecular flexibility index (Phi) is 6.41. The molecule has 0 spiro atoms. The van der Waals surface area contributed by atoms with Crippen molar-refractivity contribution < 1.29 is 8.42 Å². The van der Waals surface area contributed by atoms with Crippen molar-refractivity contribution >= 4 is 10.0 Å². The second-order valence-corrected chi connectivity index (χ2v) is 8.13. The molecule has 124 valence electrons. The van der Waals surface area contributed by atoms with Crippen molar-refractivity contribution in [2.24, 2.45) is 16.8 Å². The van der Waals surface area contributed by atoms with Crippen molar-refractivity contribution in [2.45, 2.75) is 50.9 Å². The molecule has 0 aromatic heterocycles. The second-order valence-electron chi connectivity index (χ2n) is 6.47. The maximum atomic E-state index is 11.7. The molecule has 1 unspecified atom stereocenters. The van der Waals surface area contributed by atoms with Crippen LogP contribution in [0.15, 0.2) is 24.3 Å². The molecule has 0 aliphatic heterocycles. The van der Waals surface area contributed by atoms with Crippen molar-refractivity contribution in [3.8, 4) is 0 Å². The zero-order valence-electron chi connectivity index (χ0n) is 13.2. The first-order chi connectivity index (χ1) is 10.5. The third kappa shape index (κ3) is 5.38. The smallest absolute Gasteiger partial charge is 0.209 e. The van der Waals surface area contributed by atoms with Gasteiger partial charge in [-0.25, -0.2) is 13.6 Å². The van der Waals surface area contributed by atoms with Gasteiger partial charge in [-0.15, -0.1) is 0 Å². The molecule has 22 heavy (non-hydrogen) atoms. The van der Waals surface area contributed by atoms with E-state index in [0.29, 0.717) is 12.5 Å². The third-order valence-corrected chi connectivity index (χ3v) is 5.50. The molecule has 0 heterocycles. The van der Waals surface area contributed by atoms with Crippen LogP contribution in [0.3, 0.4) is 0 Å². The average Bonchev–Trinajstić information content (AvgIpc) is 2.51. The van der Waals surface area contributed by atoms with Crippen molar-refractivity contribution in [1.29, 1.82) is 0 Å². The summed E-state index contributed by atoms with van der Waals surface area (Å²) in [5, 5.41) is 5.35. The van der Waals surface area contributed by atoms with E-state index in [2.05, 4.69) is 18.2 Å². The van der Waals surface area contributed by atoms with Crippen LogP contribution in [0, 0.1) is 5.92 Å². The normalized spacial score (nSPS) is 18.3. The van der Waals surface area contributed by atoms with Gasteiger partial charge < -0.3 is 5.73 Å². The van der Waals surface area contributed by atoms with E-state index in [1.54, 1.807) is 0 Å². The van der Waals surface area contributed by atoms with Crippen LogP contribution < -0.4 is 10.9 Å². The standard InChI is InChI=1S/C17H28N2O2S/c18-11-5-7-14-6-4-10-16(12-14)17(13-22(19,20)21)15-8-2-1-3-9-15/h4,6,10,12,15,17H,1-3,5,7-9,11,13,18H2,(H2,19,20,21). The Hall–Kier alpha value is -0.910. The summed E-state index contributed by atoms with van der Waals surface area (Å²) in [6, 6.07) is 8.32. The predicted molar refractivity (Wildman–Crippen MR) is 91.1 cm³/mol. The molecule has 1 aromatic carbocycles. The van der Waals surface area contributed by atoms with Gasteiger partial charge in [-0.05, 0) is 49.3 Å². The molecule has 0 bridgehead atoms. The minimum atomic E-state index is -3.47. The summed E-state index contributed by atoms with van der Waals surface area (Å²) in [7, 11) is -3.47. The van der Waals surface area contributed by atoms with E-state index in [9.17, 15) is 8.42 Å². The molecule has 1 fully saturated rings. The van der Waals surface area contributed by atoms with Crippen molar-refractivity contribution in [3.05, 3.63) is 35.4 Å². The van der Waals surface area contributed by atoms with Crippen LogP contribution in [0.25, 0.3) is 0 Å². The average molecular weight is 324 g/mol. The topological polar surface area (TPSA) is 86.2 Å². The summed E-state index contributed by atoms with van der Waals surface area (Å²) in [6.07, 6.45) is 7.75. The van der Waals surface area contributed by atoms with Gasteiger partial charge in [0, 0.05) is 5.92 Å². The lowest BCUT2D eigenvalue weighted by Crippen LogP contribution is -2.28. The summed E-state index contributed by atoms with van der Waals surface area (Å²) >= 11 is 0. The molecule has 0 saturated heterocycles. The summed E-state index contributed by atoms with van der Waals surface area (Å²) in [6.45, 7) is 0.674. The zero-order chi connectivity index (χ0) is 16.0. The van der Waals surface area contributed by atoms with Gasteiger partial charge in [0.25, 0.3) is 0 Å². The van der Waals surface area contributed by atoms with Gasteiger partial charge >= 0.3 is 0 Å². The van der Waals surface area contributed by atoms with Gasteiger partial charge in [0.15, 0.2) is 0 Å². The second kappa shape index (κ2) is 8.09. The van der Waals surface area contributed by atoms with E-state index in [0.717, 1.165) is 31.2 Å². The van der Waals surface area contributed by atoms with Crippen molar-refractivity contribution in [1.82, 2.24) is 0 Å². The summed E-state index contributed by atoms with van der Waals surface area (Å²) in [5.74, 6) is 0.503. The molecule has 4 N–H and O–H groups in total. The number of nitrogens with two attached hydrogens (primary N) is 2. The van der Waals surface area contributed by atoms with Crippen LogP contribution in [0.2, 0.25) is 0 Å². The van der Waals surface area contributed by atoms with Crippen molar-refractivity contribution in [3.63, 3.8) is 0 Å². The van der Waals surface area contributed by atoms with E-state index < -0.39 is 10.0 Å². The Bertz CT molecular complexity index is 566. The largest absolute Gasteiger partial charge is 0.330 e. The highest BCUT2D eigenvalue weighted by Crippen LogP contribution is 2.37. The van der Waals surface area contributed by atoms with Gasteiger partial charge in [0.05, 0.1) is 5.75 Å². The molecule has 1 aliphatic carbocycles. The highest BCUT2D eigenvalue weighted by Gasteiger charge is 2.28. The number of hydrogen-bond acceptors (Lipinski definition) is 3. The Morgan fingerprint density at radius 3 is 2.55 bits per heavy atom. The van der Waals surface area contributed by atoms with Gasteiger partial charge in [-0.3, -0.25) is 0 Å². The minimum absolute atomic E-state index is 0.0214. The maximum absolute atomic E-state index is 11.7. The third-order valence-electron chi connectivity index (χ3n) is 4.68. The number of primary sulfonamides is 1. The molecule has 0 amide bonds. The van der Waals surface area contributed by atoms with E-state index in [1.165, 1.54) is 24.8 Å². The fourth-order valence-corrected chi connectivity index (χ4v) is 4.54. The van der Waals surface area contributed by atoms with Gasteiger partial charge in [-0.2, -0.15) is 0 Å². The summed E-state index contributed by atoms with van der Waals surface area (Å²) in [5.41, 5.74) is 7.93. The van der Waals surface area contributed by atoms with Crippen LogP contribution >= 0.6 is 0 Å². The Balaban J connectivity index is 2.23. The van der Waals surface area contributed by atoms with Crippen LogP contribution in [0.4, 0.5) is 0 Å². The van der Waals surface area contributed by atoms with Crippen LogP contribution in [0.1, 0.15) is 55.6 Å². The van der Waals surface area contributed by atoms with Gasteiger partial charge in [0.1, 0.15) is 0 Å². The number of sulfonamides is 1. The van der Waals surface area contributed by atoms with Crippen LogP contribution in [-0.2, 0) is 16.4 Å². The zero-order valence-corrected chi connectivity index (χ0v) is 14.0. The van der Waals surface area contributed by atoms with Gasteiger partial charge in [-0.1, -0.05) is 43.5 Å². The molecule has 1 aromatic rings. The predicted octanol–water partition coefficient (Wildman–Crippen LogP) is 2.53. The van der Waals surface area contributed by atoms with E-state index in [-0.39, 0.29) is 11.7 Å². The Morgan fingerprint density at radius 1 is 1.18 bits per heavy atom. The lowest BCUT2D eigenvalue weighted by Gasteiger charge is -2.30. The fraction of sp³-hybridized carbons (Fsp3) is 0.647. The number of aryl methyl sites for hydroxylation is 1. The molecule has 2 rings (SSSR count). The van der Waals surface area contributed by atoms with E-state index in [1.807, 2.05) is 6.07 Å². The summed E-state index contributed by atoms with van der Waals surface area (Å²) < 4.78 is 23.4. The quantitative estimate of drug-likeness (QED) is 0.808. The monoisotopic (exact) mass is 324 g/mol. The number of hydrogen-bond donors (Lipinski definition) is 2.